The molecule has 0 spiro atoms. The Labute approximate surface area is 140 Å². The van der Waals surface area contributed by atoms with E-state index in [9.17, 15) is 13.6 Å². The van der Waals surface area contributed by atoms with Crippen molar-refractivity contribution in [2.24, 2.45) is 0 Å². The highest BCUT2D eigenvalue weighted by molar-refractivity contribution is 5.96. The van der Waals surface area contributed by atoms with E-state index in [1.807, 2.05) is 0 Å². The van der Waals surface area contributed by atoms with Crippen molar-refractivity contribution < 1.29 is 18.3 Å². The summed E-state index contributed by atoms with van der Waals surface area (Å²) in [5.41, 5.74) is -0.101. The number of carbonyl (C=O) groups excluding carboxylic acids is 1. The topological polar surface area (TPSA) is 29.5 Å². The molecular weight excluding hydrogens is 312 g/mol. The number of anilines is 2. The molecule has 0 heterocycles. The van der Waals surface area contributed by atoms with Gasteiger partial charge in [-0.1, -0.05) is 50.5 Å². The van der Waals surface area contributed by atoms with Crippen molar-refractivity contribution in [3.8, 4) is 0 Å². The maximum atomic E-state index is 14.1. The Morgan fingerprint density at radius 2 is 1.62 bits per heavy atom. The Morgan fingerprint density at radius 3 is 2.25 bits per heavy atom. The van der Waals surface area contributed by atoms with Gasteiger partial charge in [-0.15, -0.1) is 0 Å². The number of ether oxygens (including phenoxy) is 1. The number of benzene rings is 2. The third-order valence-electron chi connectivity index (χ3n) is 3.48. The van der Waals surface area contributed by atoms with Crippen LogP contribution in [0.1, 0.15) is 25.7 Å². The van der Waals surface area contributed by atoms with Crippen LogP contribution < -0.4 is 4.90 Å². The molecule has 0 saturated carbocycles. The summed E-state index contributed by atoms with van der Waals surface area (Å²) in [5, 5.41) is 0. The van der Waals surface area contributed by atoms with Gasteiger partial charge in [-0.2, -0.15) is 0 Å². The summed E-state index contributed by atoms with van der Waals surface area (Å²) in [6.07, 6.45) is 2.53. The van der Waals surface area contributed by atoms with Crippen LogP contribution in [0, 0.1) is 18.6 Å². The van der Waals surface area contributed by atoms with Crippen LogP contribution in [0.5, 0.6) is 0 Å². The van der Waals surface area contributed by atoms with Crippen LogP contribution in [-0.2, 0) is 4.74 Å². The van der Waals surface area contributed by atoms with E-state index < -0.39 is 23.4 Å². The zero-order valence-corrected chi connectivity index (χ0v) is 13.4. The zero-order chi connectivity index (χ0) is 17.4. The molecule has 0 unspecified atom stereocenters. The van der Waals surface area contributed by atoms with Crippen molar-refractivity contribution in [2.75, 3.05) is 11.5 Å². The molecule has 3 nitrogen and oxygen atoms in total. The van der Waals surface area contributed by atoms with Gasteiger partial charge in [0.1, 0.15) is 17.3 Å². The number of halogens is 2. The minimum atomic E-state index is -0.826. The highest BCUT2D eigenvalue weighted by atomic mass is 19.1. The molecular formula is C19H20F2NO2. The molecule has 0 aliphatic heterocycles. The molecule has 0 fully saturated rings. The fourth-order valence-corrected chi connectivity index (χ4v) is 2.29. The minimum absolute atomic E-state index is 0.193. The zero-order valence-electron chi connectivity index (χ0n) is 13.4. The van der Waals surface area contributed by atoms with Gasteiger partial charge in [-0.3, -0.25) is 0 Å². The predicted molar refractivity (Wildman–Crippen MR) is 90.1 cm³/mol. The Morgan fingerprint density at radius 1 is 0.958 bits per heavy atom. The molecule has 5 heteroatoms. The van der Waals surface area contributed by atoms with E-state index in [-0.39, 0.29) is 6.61 Å². The molecule has 0 atom stereocenters. The molecule has 0 saturated heterocycles. The number of unbranched alkanes of at least 4 members (excludes halogenated alkanes) is 3. The molecule has 0 bridgehead atoms. The van der Waals surface area contributed by atoms with E-state index in [0.717, 1.165) is 36.3 Å². The van der Waals surface area contributed by atoms with Crippen LogP contribution in [-0.4, -0.2) is 12.7 Å². The average molecular weight is 332 g/mol. The Kier molecular flexibility index (Phi) is 6.73. The first kappa shape index (κ1) is 17.9. The lowest BCUT2D eigenvalue weighted by Gasteiger charge is -2.23. The van der Waals surface area contributed by atoms with Crippen LogP contribution in [0.25, 0.3) is 0 Å². The number of rotatable bonds is 7. The summed E-state index contributed by atoms with van der Waals surface area (Å²) >= 11 is 0. The quantitative estimate of drug-likeness (QED) is 0.615. The van der Waals surface area contributed by atoms with E-state index >= 15 is 0 Å². The molecule has 127 valence electrons. The SMILES string of the molecule is [CH2]CCCCCOC(=O)N(c1ccccc1)c1c(F)cccc1F. The monoisotopic (exact) mass is 332 g/mol. The van der Waals surface area contributed by atoms with Crippen molar-refractivity contribution in [1.29, 1.82) is 0 Å². The fourth-order valence-electron chi connectivity index (χ4n) is 2.29. The van der Waals surface area contributed by atoms with Crippen LogP contribution in [0.4, 0.5) is 25.0 Å². The van der Waals surface area contributed by atoms with E-state index in [1.54, 1.807) is 30.3 Å². The number of carbonyl (C=O) groups is 1. The van der Waals surface area contributed by atoms with Crippen molar-refractivity contribution >= 4 is 17.5 Å². The first-order valence-electron chi connectivity index (χ1n) is 7.90. The Hall–Kier alpha value is -2.43. The molecule has 2 aromatic carbocycles. The lowest BCUT2D eigenvalue weighted by atomic mass is 10.2. The third kappa shape index (κ3) is 4.54. The van der Waals surface area contributed by atoms with Gasteiger partial charge in [0.05, 0.1) is 12.3 Å². The summed E-state index contributed by atoms with van der Waals surface area (Å²) in [7, 11) is 0. The van der Waals surface area contributed by atoms with Gasteiger partial charge in [0.2, 0.25) is 0 Å². The summed E-state index contributed by atoms with van der Waals surface area (Å²) < 4.78 is 33.5. The lowest BCUT2D eigenvalue weighted by Crippen LogP contribution is -2.28. The number of nitrogens with zero attached hydrogens (tertiary/aromatic N) is 1. The highest BCUT2D eigenvalue weighted by Crippen LogP contribution is 2.31. The fraction of sp³-hybridized carbons (Fsp3) is 0.263. The largest absolute Gasteiger partial charge is 0.449 e. The van der Waals surface area contributed by atoms with Gasteiger partial charge < -0.3 is 4.74 Å². The van der Waals surface area contributed by atoms with Crippen molar-refractivity contribution in [3.05, 3.63) is 67.1 Å². The highest BCUT2D eigenvalue weighted by Gasteiger charge is 2.25. The second-order valence-corrected chi connectivity index (χ2v) is 5.27. The maximum Gasteiger partial charge on any atom is 0.419 e. The number of hydrogen-bond acceptors (Lipinski definition) is 2. The van der Waals surface area contributed by atoms with Gasteiger partial charge in [0.15, 0.2) is 0 Å². The van der Waals surface area contributed by atoms with Gasteiger partial charge in [0.25, 0.3) is 0 Å². The molecule has 2 aromatic rings. The van der Waals surface area contributed by atoms with Gasteiger partial charge >= 0.3 is 6.09 Å². The molecule has 0 aliphatic rings. The van der Waals surface area contributed by atoms with E-state index in [4.69, 9.17) is 4.74 Å². The molecule has 24 heavy (non-hydrogen) atoms. The van der Waals surface area contributed by atoms with Crippen LogP contribution >= 0.6 is 0 Å². The number of para-hydroxylation sites is 2. The Bertz CT molecular complexity index is 641. The molecule has 0 aromatic heterocycles. The molecule has 1 amide bonds. The smallest absolute Gasteiger partial charge is 0.419 e. The van der Waals surface area contributed by atoms with Crippen LogP contribution in [0.15, 0.2) is 48.5 Å². The Balaban J connectivity index is 2.23. The number of amides is 1. The summed E-state index contributed by atoms with van der Waals surface area (Å²) in [6.45, 7) is 3.94. The van der Waals surface area contributed by atoms with Crippen molar-refractivity contribution in [3.63, 3.8) is 0 Å². The summed E-state index contributed by atoms with van der Waals surface area (Å²) in [6, 6.07) is 11.8. The normalized spacial score (nSPS) is 10.5. The van der Waals surface area contributed by atoms with Crippen molar-refractivity contribution in [1.82, 2.24) is 0 Å². The second kappa shape index (κ2) is 9.01. The first-order valence-corrected chi connectivity index (χ1v) is 7.90. The third-order valence-corrected chi connectivity index (χ3v) is 3.48. The molecule has 0 N–H and O–H groups in total. The average Bonchev–Trinajstić information content (AvgIpc) is 2.58. The van der Waals surface area contributed by atoms with Crippen molar-refractivity contribution in [2.45, 2.75) is 25.7 Å². The molecule has 2 rings (SSSR count). The standard InChI is InChI=1S/C19H20F2NO2/c1-2-3-4-8-14-24-19(23)22(15-10-6-5-7-11-15)18-16(20)12-9-13-17(18)21/h5-7,9-13H,1-4,8,14H2. The summed E-state index contributed by atoms with van der Waals surface area (Å²) in [4.78, 5) is 13.4. The van der Waals surface area contributed by atoms with Gasteiger partial charge in [0, 0.05) is 0 Å². The van der Waals surface area contributed by atoms with Gasteiger partial charge in [-0.05, 0) is 30.7 Å². The van der Waals surface area contributed by atoms with E-state index in [1.165, 1.54) is 6.07 Å². The second-order valence-electron chi connectivity index (χ2n) is 5.27. The van der Waals surface area contributed by atoms with E-state index in [2.05, 4.69) is 6.92 Å². The minimum Gasteiger partial charge on any atom is -0.449 e. The summed E-state index contributed by atoms with van der Waals surface area (Å²) in [5.74, 6) is -1.65. The predicted octanol–water partition coefficient (Wildman–Crippen LogP) is 5.63. The first-order chi connectivity index (χ1) is 11.6. The van der Waals surface area contributed by atoms with Crippen LogP contribution in [0.3, 0.4) is 0 Å². The molecule has 1 radical (unpaired) electrons. The van der Waals surface area contributed by atoms with Crippen LogP contribution in [0.2, 0.25) is 0 Å². The maximum absolute atomic E-state index is 14.1. The number of hydrogen-bond donors (Lipinski definition) is 0. The van der Waals surface area contributed by atoms with E-state index in [0.29, 0.717) is 12.1 Å². The van der Waals surface area contributed by atoms with Gasteiger partial charge in [-0.25, -0.2) is 18.5 Å². The lowest BCUT2D eigenvalue weighted by molar-refractivity contribution is 0.153. The molecule has 0 aliphatic carbocycles.